The second-order valence-electron chi connectivity index (χ2n) is 3.39. The molecule has 0 radical (unpaired) electrons. The van der Waals surface area contributed by atoms with E-state index in [1.54, 1.807) is 14.0 Å². The number of likely N-dealkylation sites (N-methyl/N-ethyl adjacent to an activating group) is 1. The van der Waals surface area contributed by atoms with Crippen molar-refractivity contribution in [2.24, 2.45) is 0 Å². The molecule has 0 spiro atoms. The summed E-state index contributed by atoms with van der Waals surface area (Å²) in [5.41, 5.74) is 0. The molecular weight excluding hydrogens is 239 g/mol. The molecule has 0 saturated carbocycles. The Morgan fingerprint density at radius 3 is 2.53 bits per heavy atom. The van der Waals surface area contributed by atoms with Crippen molar-refractivity contribution < 1.29 is 27.4 Å². The van der Waals surface area contributed by atoms with Gasteiger partial charge in [0.05, 0.1) is 13.2 Å². The summed E-state index contributed by atoms with van der Waals surface area (Å²) in [5.74, 6) is -0.467. The van der Waals surface area contributed by atoms with Gasteiger partial charge in [-0.15, -0.1) is 0 Å². The molecule has 0 aromatic heterocycles. The molecule has 1 atom stereocenters. The van der Waals surface area contributed by atoms with Crippen LogP contribution in [0, 0.1) is 0 Å². The quantitative estimate of drug-likeness (QED) is 0.529. The number of rotatable bonds is 8. The first-order valence-electron chi connectivity index (χ1n) is 5.39. The minimum atomic E-state index is -4.16. The average Bonchev–Trinajstić information content (AvgIpc) is 2.22. The summed E-state index contributed by atoms with van der Waals surface area (Å²) in [6, 6.07) is -0.638. The van der Waals surface area contributed by atoms with Crippen LogP contribution in [0.25, 0.3) is 0 Å². The largest absolute Gasteiger partial charge is 0.465 e. The van der Waals surface area contributed by atoms with Gasteiger partial charge in [-0.2, -0.15) is 13.2 Å². The minimum Gasteiger partial charge on any atom is -0.465 e. The maximum atomic E-state index is 11.8. The van der Waals surface area contributed by atoms with Crippen molar-refractivity contribution in [3.63, 3.8) is 0 Å². The summed E-state index contributed by atoms with van der Waals surface area (Å²) in [5, 5.41) is 2.67. The summed E-state index contributed by atoms with van der Waals surface area (Å²) in [6.45, 7) is 1.91. The predicted molar refractivity (Wildman–Crippen MR) is 55.6 cm³/mol. The highest BCUT2D eigenvalue weighted by Crippen LogP contribution is 2.20. The monoisotopic (exact) mass is 257 g/mol. The Bertz CT molecular complexity index is 221. The number of carbonyl (C=O) groups excluding carboxylic acids is 1. The van der Waals surface area contributed by atoms with Gasteiger partial charge >= 0.3 is 12.1 Å². The molecule has 0 aliphatic carbocycles. The topological polar surface area (TPSA) is 47.6 Å². The second-order valence-corrected chi connectivity index (χ2v) is 3.39. The van der Waals surface area contributed by atoms with Crippen LogP contribution in [-0.4, -0.2) is 45.1 Å². The van der Waals surface area contributed by atoms with Crippen LogP contribution in [0.3, 0.4) is 0 Å². The van der Waals surface area contributed by atoms with Crippen molar-refractivity contribution in [1.29, 1.82) is 0 Å². The molecule has 0 aliphatic rings. The highest BCUT2D eigenvalue weighted by Gasteiger charge is 2.26. The van der Waals surface area contributed by atoms with Gasteiger partial charge in [-0.1, -0.05) is 0 Å². The fourth-order valence-corrected chi connectivity index (χ4v) is 1.09. The van der Waals surface area contributed by atoms with Crippen LogP contribution in [0.15, 0.2) is 0 Å². The van der Waals surface area contributed by atoms with E-state index in [0.29, 0.717) is 0 Å². The van der Waals surface area contributed by atoms with Crippen molar-refractivity contribution in [2.75, 3.05) is 26.9 Å². The Labute approximate surface area is 98.5 Å². The SMILES string of the molecule is CCOC(=O)C(COCCCC(F)(F)F)NC. The first kappa shape index (κ1) is 16.2. The van der Waals surface area contributed by atoms with E-state index in [2.05, 4.69) is 5.32 Å². The first-order valence-corrected chi connectivity index (χ1v) is 5.39. The van der Waals surface area contributed by atoms with Crippen LogP contribution in [0.2, 0.25) is 0 Å². The van der Waals surface area contributed by atoms with E-state index in [-0.39, 0.29) is 26.2 Å². The second kappa shape index (κ2) is 8.30. The smallest absolute Gasteiger partial charge is 0.389 e. The van der Waals surface area contributed by atoms with Crippen molar-refractivity contribution in [2.45, 2.75) is 32.0 Å². The molecule has 1 N–H and O–H groups in total. The lowest BCUT2D eigenvalue weighted by Gasteiger charge is -2.14. The molecule has 0 aliphatic heterocycles. The fraction of sp³-hybridized carbons (Fsp3) is 0.900. The number of esters is 1. The highest BCUT2D eigenvalue weighted by molar-refractivity contribution is 5.75. The van der Waals surface area contributed by atoms with Gasteiger partial charge in [0, 0.05) is 13.0 Å². The van der Waals surface area contributed by atoms with E-state index in [1.165, 1.54) is 0 Å². The molecule has 0 aromatic rings. The number of hydrogen-bond acceptors (Lipinski definition) is 4. The number of halogens is 3. The molecule has 1 unspecified atom stereocenters. The lowest BCUT2D eigenvalue weighted by molar-refractivity contribution is -0.148. The van der Waals surface area contributed by atoms with E-state index in [9.17, 15) is 18.0 Å². The van der Waals surface area contributed by atoms with E-state index < -0.39 is 24.6 Å². The molecule has 0 saturated heterocycles. The number of nitrogens with one attached hydrogen (secondary N) is 1. The van der Waals surface area contributed by atoms with Crippen LogP contribution in [0.4, 0.5) is 13.2 Å². The van der Waals surface area contributed by atoms with E-state index >= 15 is 0 Å². The summed E-state index contributed by atoms with van der Waals surface area (Å²) < 4.78 is 45.1. The predicted octanol–water partition coefficient (Wildman–Crippen LogP) is 1.50. The fourth-order valence-electron chi connectivity index (χ4n) is 1.09. The van der Waals surface area contributed by atoms with E-state index in [4.69, 9.17) is 9.47 Å². The van der Waals surface area contributed by atoms with Gasteiger partial charge in [-0.25, -0.2) is 0 Å². The number of carbonyl (C=O) groups is 1. The van der Waals surface area contributed by atoms with Crippen LogP contribution in [0.1, 0.15) is 19.8 Å². The molecule has 0 aromatic carbocycles. The van der Waals surface area contributed by atoms with Crippen molar-refractivity contribution >= 4 is 5.97 Å². The Morgan fingerprint density at radius 2 is 2.06 bits per heavy atom. The molecule has 17 heavy (non-hydrogen) atoms. The zero-order valence-electron chi connectivity index (χ0n) is 9.97. The van der Waals surface area contributed by atoms with E-state index in [0.717, 1.165) is 0 Å². The van der Waals surface area contributed by atoms with Crippen LogP contribution < -0.4 is 5.32 Å². The van der Waals surface area contributed by atoms with Gasteiger partial charge in [0.25, 0.3) is 0 Å². The minimum absolute atomic E-state index is 0.00713. The average molecular weight is 257 g/mol. The van der Waals surface area contributed by atoms with Crippen molar-refractivity contribution in [3.05, 3.63) is 0 Å². The Balaban J connectivity index is 3.67. The molecule has 4 nitrogen and oxygen atoms in total. The van der Waals surface area contributed by atoms with Gasteiger partial charge < -0.3 is 14.8 Å². The summed E-state index contributed by atoms with van der Waals surface area (Å²) >= 11 is 0. The zero-order chi connectivity index (χ0) is 13.3. The summed E-state index contributed by atoms with van der Waals surface area (Å²) in [7, 11) is 1.56. The number of alkyl halides is 3. The maximum Gasteiger partial charge on any atom is 0.389 e. The number of hydrogen-bond donors (Lipinski definition) is 1. The van der Waals surface area contributed by atoms with Crippen molar-refractivity contribution in [1.82, 2.24) is 5.32 Å². The third-order valence-electron chi connectivity index (χ3n) is 1.95. The zero-order valence-corrected chi connectivity index (χ0v) is 9.97. The summed E-state index contributed by atoms with van der Waals surface area (Å²) in [6.07, 6.45) is -5.15. The standard InChI is InChI=1S/C10H18F3NO3/c1-3-17-9(15)8(14-2)7-16-6-4-5-10(11,12)13/h8,14H,3-7H2,1-2H3. The maximum absolute atomic E-state index is 11.8. The summed E-state index contributed by atoms with van der Waals surface area (Å²) in [4.78, 5) is 11.3. The first-order chi connectivity index (χ1) is 7.90. The van der Waals surface area contributed by atoms with Gasteiger partial charge in [0.15, 0.2) is 0 Å². The molecular formula is C10H18F3NO3. The lowest BCUT2D eigenvalue weighted by Crippen LogP contribution is -2.39. The van der Waals surface area contributed by atoms with Crippen molar-refractivity contribution in [3.8, 4) is 0 Å². The van der Waals surface area contributed by atoms with E-state index in [1.807, 2.05) is 0 Å². The molecule has 0 heterocycles. The molecule has 0 fully saturated rings. The Kier molecular flexibility index (Phi) is 7.90. The molecule has 102 valence electrons. The molecule has 0 bridgehead atoms. The molecule has 0 amide bonds. The van der Waals surface area contributed by atoms with Crippen LogP contribution in [-0.2, 0) is 14.3 Å². The van der Waals surface area contributed by atoms with Crippen LogP contribution in [0.5, 0.6) is 0 Å². The van der Waals surface area contributed by atoms with Gasteiger partial charge in [-0.3, -0.25) is 4.79 Å². The normalized spacial score (nSPS) is 13.5. The third kappa shape index (κ3) is 8.93. The number of ether oxygens (including phenoxy) is 2. The Morgan fingerprint density at radius 1 is 1.41 bits per heavy atom. The molecule has 7 heteroatoms. The van der Waals surface area contributed by atoms with Gasteiger partial charge in [0.2, 0.25) is 0 Å². The van der Waals surface area contributed by atoms with Gasteiger partial charge in [-0.05, 0) is 20.4 Å². The lowest BCUT2D eigenvalue weighted by atomic mass is 10.3. The Hall–Kier alpha value is -0.820. The molecule has 0 rings (SSSR count). The van der Waals surface area contributed by atoms with Gasteiger partial charge in [0.1, 0.15) is 6.04 Å². The third-order valence-corrected chi connectivity index (χ3v) is 1.95. The highest BCUT2D eigenvalue weighted by atomic mass is 19.4. The van der Waals surface area contributed by atoms with Crippen LogP contribution >= 0.6 is 0 Å².